The normalized spacial score (nSPS) is 15.3. The summed E-state index contributed by atoms with van der Waals surface area (Å²) in [5, 5.41) is 6.81. The molecule has 1 aromatic heterocycles. The van der Waals surface area contributed by atoms with Gasteiger partial charge < -0.3 is 21.3 Å². The minimum atomic E-state index is -0.190. The fraction of sp³-hybridized carbons (Fsp3) is 0.650. The number of piperidine rings is 1. The number of nitrogens with one attached hydrogen (secondary N) is 2. The maximum absolute atomic E-state index is 11.4. The van der Waals surface area contributed by atoms with Gasteiger partial charge in [0.05, 0.1) is 0 Å². The quantitative estimate of drug-likeness (QED) is 0.289. The van der Waals surface area contributed by atoms with E-state index in [1.54, 1.807) is 7.05 Å². The van der Waals surface area contributed by atoms with Crippen molar-refractivity contribution in [2.75, 3.05) is 31.6 Å². The standard InChI is InChI=1S/C20H34N6O.HI/c1-4-15(5-2)13-24-20(22-3)25-14-17-7-6-10-23-19(17)26-11-8-16(9-12-26)18(21)27;/h6-7,10,15-16H,4-5,8-9,11-14H2,1-3H3,(H2,21,27)(H2,22,24,25);1H. The number of carbonyl (C=O) groups excluding carboxylic acids is 1. The van der Waals surface area contributed by atoms with Crippen LogP contribution in [0.2, 0.25) is 0 Å². The van der Waals surface area contributed by atoms with E-state index < -0.39 is 0 Å². The number of nitrogens with two attached hydrogens (primary N) is 1. The van der Waals surface area contributed by atoms with Crippen molar-refractivity contribution in [1.29, 1.82) is 0 Å². The summed E-state index contributed by atoms with van der Waals surface area (Å²) in [6.45, 7) is 7.62. The Labute approximate surface area is 186 Å². The molecule has 1 aliphatic rings. The van der Waals surface area contributed by atoms with Crippen molar-refractivity contribution in [3.8, 4) is 0 Å². The largest absolute Gasteiger partial charge is 0.369 e. The molecule has 0 aromatic carbocycles. The van der Waals surface area contributed by atoms with Gasteiger partial charge in [0.25, 0.3) is 0 Å². The van der Waals surface area contributed by atoms with Gasteiger partial charge in [0.1, 0.15) is 5.82 Å². The number of primary amides is 1. The third kappa shape index (κ3) is 7.10. The average Bonchev–Trinajstić information content (AvgIpc) is 2.71. The lowest BCUT2D eigenvalue weighted by Crippen LogP contribution is -2.41. The lowest BCUT2D eigenvalue weighted by molar-refractivity contribution is -0.122. The molecule has 1 aliphatic heterocycles. The number of aromatic nitrogens is 1. The first-order valence-electron chi connectivity index (χ1n) is 10.0. The molecule has 1 amide bonds. The summed E-state index contributed by atoms with van der Waals surface area (Å²) >= 11 is 0. The molecule has 8 heteroatoms. The second-order valence-corrected chi connectivity index (χ2v) is 7.14. The molecule has 1 saturated heterocycles. The van der Waals surface area contributed by atoms with Gasteiger partial charge in [-0.3, -0.25) is 9.79 Å². The van der Waals surface area contributed by atoms with Crippen LogP contribution in [0.15, 0.2) is 23.3 Å². The fourth-order valence-corrected chi connectivity index (χ4v) is 3.45. The number of amides is 1. The van der Waals surface area contributed by atoms with Crippen LogP contribution in [0.3, 0.4) is 0 Å². The molecule has 1 aromatic rings. The Kier molecular flexibility index (Phi) is 11.2. The van der Waals surface area contributed by atoms with Crippen LogP contribution in [0.25, 0.3) is 0 Å². The summed E-state index contributed by atoms with van der Waals surface area (Å²) in [5.41, 5.74) is 6.57. The van der Waals surface area contributed by atoms with Crippen LogP contribution >= 0.6 is 24.0 Å². The van der Waals surface area contributed by atoms with E-state index in [0.717, 1.165) is 62.7 Å². The molecule has 0 spiro atoms. The van der Waals surface area contributed by atoms with Crippen molar-refractivity contribution in [2.24, 2.45) is 22.6 Å². The van der Waals surface area contributed by atoms with Crippen LogP contribution in [0.4, 0.5) is 5.82 Å². The summed E-state index contributed by atoms with van der Waals surface area (Å²) < 4.78 is 0. The van der Waals surface area contributed by atoms with Gasteiger partial charge in [0.2, 0.25) is 5.91 Å². The molecule has 0 unspecified atom stereocenters. The Morgan fingerprint density at radius 2 is 2.00 bits per heavy atom. The highest BCUT2D eigenvalue weighted by Crippen LogP contribution is 2.24. The van der Waals surface area contributed by atoms with Crippen LogP contribution in [0.5, 0.6) is 0 Å². The third-order valence-electron chi connectivity index (χ3n) is 5.45. The van der Waals surface area contributed by atoms with Crippen LogP contribution < -0.4 is 21.3 Å². The molecule has 0 atom stereocenters. The van der Waals surface area contributed by atoms with Gasteiger partial charge in [-0.15, -0.1) is 24.0 Å². The Morgan fingerprint density at radius 1 is 1.32 bits per heavy atom. The number of halogens is 1. The SMILES string of the molecule is CCC(CC)CNC(=NC)NCc1cccnc1N1CCC(C(N)=O)CC1.I. The number of guanidine groups is 1. The van der Waals surface area contributed by atoms with Crippen LogP contribution in [0.1, 0.15) is 45.1 Å². The summed E-state index contributed by atoms with van der Waals surface area (Å²) in [6, 6.07) is 4.04. The van der Waals surface area contributed by atoms with Gasteiger partial charge in [-0.2, -0.15) is 0 Å². The second kappa shape index (κ2) is 12.8. The van der Waals surface area contributed by atoms with Crippen molar-refractivity contribution >= 4 is 41.7 Å². The van der Waals surface area contributed by atoms with Crippen molar-refractivity contribution in [3.63, 3.8) is 0 Å². The highest BCUT2D eigenvalue weighted by molar-refractivity contribution is 14.0. The van der Waals surface area contributed by atoms with E-state index >= 15 is 0 Å². The highest BCUT2D eigenvalue weighted by Gasteiger charge is 2.24. The minimum absolute atomic E-state index is 0. The predicted molar refractivity (Wildman–Crippen MR) is 126 cm³/mol. The van der Waals surface area contributed by atoms with Crippen molar-refractivity contribution < 1.29 is 4.79 Å². The number of nitrogens with zero attached hydrogens (tertiary/aromatic N) is 3. The molecule has 4 N–H and O–H groups in total. The molecule has 158 valence electrons. The first-order chi connectivity index (χ1) is 13.1. The van der Waals surface area contributed by atoms with E-state index in [2.05, 4.69) is 45.4 Å². The third-order valence-corrected chi connectivity index (χ3v) is 5.45. The Hall–Kier alpha value is -1.58. The van der Waals surface area contributed by atoms with E-state index in [1.807, 2.05) is 12.3 Å². The Bertz CT molecular complexity index is 627. The van der Waals surface area contributed by atoms with Gasteiger partial charge in [0, 0.05) is 50.9 Å². The van der Waals surface area contributed by atoms with E-state index in [4.69, 9.17) is 5.73 Å². The fourth-order valence-electron chi connectivity index (χ4n) is 3.45. The number of rotatable bonds is 8. The zero-order valence-corrected chi connectivity index (χ0v) is 19.6. The summed E-state index contributed by atoms with van der Waals surface area (Å²) in [7, 11) is 1.79. The number of anilines is 1. The first kappa shape index (κ1) is 24.5. The number of pyridine rings is 1. The van der Waals surface area contributed by atoms with Crippen molar-refractivity contribution in [2.45, 2.75) is 46.1 Å². The lowest BCUT2D eigenvalue weighted by Gasteiger charge is -2.32. The smallest absolute Gasteiger partial charge is 0.220 e. The van der Waals surface area contributed by atoms with Gasteiger partial charge in [-0.1, -0.05) is 32.8 Å². The predicted octanol–water partition coefficient (Wildman–Crippen LogP) is 2.50. The summed E-state index contributed by atoms with van der Waals surface area (Å²) in [6.07, 6.45) is 5.72. The lowest BCUT2D eigenvalue weighted by atomic mass is 9.96. The number of hydrogen-bond acceptors (Lipinski definition) is 4. The van der Waals surface area contributed by atoms with Crippen LogP contribution in [-0.2, 0) is 11.3 Å². The van der Waals surface area contributed by atoms with Crippen LogP contribution in [0, 0.1) is 11.8 Å². The molecule has 1 fully saturated rings. The van der Waals surface area contributed by atoms with Gasteiger partial charge in [-0.05, 0) is 24.8 Å². The zero-order valence-electron chi connectivity index (χ0n) is 17.3. The van der Waals surface area contributed by atoms with Crippen LogP contribution in [-0.4, -0.2) is 43.5 Å². The number of hydrogen-bond donors (Lipinski definition) is 3. The van der Waals surface area contributed by atoms with Gasteiger partial charge >= 0.3 is 0 Å². The summed E-state index contributed by atoms with van der Waals surface area (Å²) in [5.74, 6) is 2.24. The molecule has 2 rings (SSSR count). The molecule has 0 radical (unpaired) electrons. The number of aliphatic imine (C=N–C) groups is 1. The molecular formula is C20H35IN6O. The van der Waals surface area contributed by atoms with Gasteiger partial charge in [-0.25, -0.2) is 4.98 Å². The first-order valence-corrected chi connectivity index (χ1v) is 10.0. The Morgan fingerprint density at radius 3 is 2.57 bits per heavy atom. The monoisotopic (exact) mass is 502 g/mol. The molecule has 0 bridgehead atoms. The topological polar surface area (TPSA) is 95.6 Å². The van der Waals surface area contributed by atoms with Crippen molar-refractivity contribution in [3.05, 3.63) is 23.9 Å². The average molecular weight is 502 g/mol. The molecular weight excluding hydrogens is 467 g/mol. The van der Waals surface area contributed by atoms with E-state index in [9.17, 15) is 4.79 Å². The van der Waals surface area contributed by atoms with E-state index in [-0.39, 0.29) is 35.8 Å². The highest BCUT2D eigenvalue weighted by atomic mass is 127. The van der Waals surface area contributed by atoms with E-state index in [1.165, 1.54) is 0 Å². The molecule has 0 saturated carbocycles. The van der Waals surface area contributed by atoms with E-state index in [0.29, 0.717) is 12.5 Å². The second-order valence-electron chi connectivity index (χ2n) is 7.14. The minimum Gasteiger partial charge on any atom is -0.369 e. The van der Waals surface area contributed by atoms with Crippen molar-refractivity contribution in [1.82, 2.24) is 15.6 Å². The summed E-state index contributed by atoms with van der Waals surface area (Å²) in [4.78, 5) is 22.5. The maximum Gasteiger partial charge on any atom is 0.220 e. The zero-order chi connectivity index (χ0) is 19.6. The molecule has 7 nitrogen and oxygen atoms in total. The molecule has 0 aliphatic carbocycles. The van der Waals surface area contributed by atoms with Gasteiger partial charge in [0.15, 0.2) is 5.96 Å². The maximum atomic E-state index is 11.4. The molecule has 28 heavy (non-hydrogen) atoms. The number of carbonyl (C=O) groups is 1. The Balaban J connectivity index is 0.00000392. The molecule has 2 heterocycles.